The van der Waals surface area contributed by atoms with Gasteiger partial charge in [0.2, 0.25) is 0 Å². The standard InChI is InChI=1S/C18H21N3O3/c1-14(17(23)21-18(13-19)10-4-2-5-11-18)24-16(22)9-8-15-7-3-6-12-20-15/h3,6-9,12,14H,2,4-5,10-11H2,1H3,(H,21,23)/b9-8+. The molecule has 2 rings (SSSR count). The van der Waals surface area contributed by atoms with E-state index in [1.165, 1.54) is 19.1 Å². The van der Waals surface area contributed by atoms with E-state index in [9.17, 15) is 14.9 Å². The van der Waals surface area contributed by atoms with Crippen LogP contribution in [0.25, 0.3) is 6.08 Å². The summed E-state index contributed by atoms with van der Waals surface area (Å²) in [6, 6.07) is 7.54. The molecule has 6 heteroatoms. The minimum absolute atomic E-state index is 0.446. The molecule has 0 spiro atoms. The van der Waals surface area contributed by atoms with Crippen LogP contribution in [-0.4, -0.2) is 28.5 Å². The number of rotatable bonds is 5. The highest BCUT2D eigenvalue weighted by Crippen LogP contribution is 2.27. The molecule has 1 atom stereocenters. The second kappa shape index (κ2) is 8.25. The number of aromatic nitrogens is 1. The number of nitrogens with one attached hydrogen (secondary N) is 1. The Bertz CT molecular complexity index is 643. The highest BCUT2D eigenvalue weighted by Gasteiger charge is 2.35. The molecule has 1 aromatic rings. The number of nitrogens with zero attached hydrogens (tertiary/aromatic N) is 2. The molecular formula is C18H21N3O3. The molecule has 0 aromatic carbocycles. The van der Waals surface area contributed by atoms with Gasteiger partial charge >= 0.3 is 5.97 Å². The maximum Gasteiger partial charge on any atom is 0.331 e. The molecule has 0 aliphatic heterocycles. The molecule has 6 nitrogen and oxygen atoms in total. The van der Waals surface area contributed by atoms with E-state index in [0.717, 1.165) is 19.3 Å². The van der Waals surface area contributed by atoms with E-state index >= 15 is 0 Å². The Kier molecular flexibility index (Phi) is 6.07. The lowest BCUT2D eigenvalue weighted by molar-refractivity contribution is -0.150. The van der Waals surface area contributed by atoms with Crippen LogP contribution in [0.5, 0.6) is 0 Å². The average molecular weight is 327 g/mol. The summed E-state index contributed by atoms with van der Waals surface area (Å²) in [6.45, 7) is 1.50. The van der Waals surface area contributed by atoms with Gasteiger partial charge in [0.1, 0.15) is 5.54 Å². The number of esters is 1. The SMILES string of the molecule is CC(OC(=O)/C=C/c1ccccn1)C(=O)NC1(C#N)CCCCC1. The maximum atomic E-state index is 12.2. The lowest BCUT2D eigenvalue weighted by Crippen LogP contribution is -2.52. The van der Waals surface area contributed by atoms with Crippen molar-refractivity contribution in [1.82, 2.24) is 10.3 Å². The minimum atomic E-state index is -0.960. The largest absolute Gasteiger partial charge is 0.449 e. The van der Waals surface area contributed by atoms with Gasteiger partial charge in [-0.25, -0.2) is 4.79 Å². The zero-order valence-corrected chi connectivity index (χ0v) is 13.7. The first-order chi connectivity index (χ1) is 11.5. The molecule has 1 aliphatic carbocycles. The molecular weight excluding hydrogens is 306 g/mol. The monoisotopic (exact) mass is 327 g/mol. The van der Waals surface area contributed by atoms with Crippen molar-refractivity contribution >= 4 is 18.0 Å². The van der Waals surface area contributed by atoms with Crippen LogP contribution in [0, 0.1) is 11.3 Å². The molecule has 1 aromatic heterocycles. The van der Waals surface area contributed by atoms with Gasteiger partial charge in [-0.15, -0.1) is 0 Å². The highest BCUT2D eigenvalue weighted by molar-refractivity contribution is 5.90. The molecule has 1 heterocycles. The van der Waals surface area contributed by atoms with Gasteiger partial charge in [0.05, 0.1) is 11.8 Å². The number of carbonyl (C=O) groups is 2. The minimum Gasteiger partial charge on any atom is -0.449 e. The lowest BCUT2D eigenvalue weighted by Gasteiger charge is -2.32. The third-order valence-corrected chi connectivity index (χ3v) is 4.02. The van der Waals surface area contributed by atoms with Crippen molar-refractivity contribution in [2.45, 2.75) is 50.7 Å². The van der Waals surface area contributed by atoms with Crippen molar-refractivity contribution in [3.63, 3.8) is 0 Å². The molecule has 0 bridgehead atoms. The summed E-state index contributed by atoms with van der Waals surface area (Å²) < 4.78 is 5.09. The number of amides is 1. The second-order valence-corrected chi connectivity index (χ2v) is 5.91. The fourth-order valence-electron chi connectivity index (χ4n) is 2.65. The maximum absolute atomic E-state index is 12.2. The van der Waals surface area contributed by atoms with Crippen LogP contribution >= 0.6 is 0 Å². The van der Waals surface area contributed by atoms with Gasteiger partial charge < -0.3 is 10.1 Å². The number of hydrogen-bond acceptors (Lipinski definition) is 5. The third-order valence-electron chi connectivity index (χ3n) is 4.02. The van der Waals surface area contributed by atoms with Crippen molar-refractivity contribution in [3.8, 4) is 6.07 Å². The molecule has 1 saturated carbocycles. The van der Waals surface area contributed by atoms with Gasteiger partial charge in [0, 0.05) is 12.3 Å². The molecule has 0 radical (unpaired) electrons. The van der Waals surface area contributed by atoms with Crippen LogP contribution in [-0.2, 0) is 14.3 Å². The first-order valence-electron chi connectivity index (χ1n) is 8.08. The zero-order valence-electron chi connectivity index (χ0n) is 13.7. The topological polar surface area (TPSA) is 92.1 Å². The van der Waals surface area contributed by atoms with E-state index in [4.69, 9.17) is 4.74 Å². The first kappa shape index (κ1) is 17.7. The molecule has 1 amide bonds. The fraction of sp³-hybridized carbons (Fsp3) is 0.444. The number of hydrogen-bond donors (Lipinski definition) is 1. The van der Waals surface area contributed by atoms with Gasteiger partial charge in [0.15, 0.2) is 6.10 Å². The first-order valence-corrected chi connectivity index (χ1v) is 8.08. The van der Waals surface area contributed by atoms with Gasteiger partial charge in [-0.3, -0.25) is 9.78 Å². The highest BCUT2D eigenvalue weighted by atomic mass is 16.5. The van der Waals surface area contributed by atoms with E-state index in [0.29, 0.717) is 18.5 Å². The van der Waals surface area contributed by atoms with Crippen LogP contribution < -0.4 is 5.32 Å². The molecule has 1 fully saturated rings. The number of ether oxygens (including phenoxy) is 1. The Hall–Kier alpha value is -2.68. The second-order valence-electron chi connectivity index (χ2n) is 5.91. The number of pyridine rings is 1. The molecule has 1 N–H and O–H groups in total. The Balaban J connectivity index is 1.88. The van der Waals surface area contributed by atoms with E-state index in [1.54, 1.807) is 24.4 Å². The molecule has 0 saturated heterocycles. The normalized spacial score (nSPS) is 17.7. The van der Waals surface area contributed by atoms with Crippen molar-refractivity contribution in [2.75, 3.05) is 0 Å². The molecule has 1 aliphatic rings. The van der Waals surface area contributed by atoms with Crippen LogP contribution in [0.15, 0.2) is 30.5 Å². The Morgan fingerprint density at radius 2 is 2.12 bits per heavy atom. The Labute approximate surface area is 141 Å². The lowest BCUT2D eigenvalue weighted by atomic mass is 9.83. The van der Waals surface area contributed by atoms with Gasteiger partial charge in [-0.1, -0.05) is 25.3 Å². The summed E-state index contributed by atoms with van der Waals surface area (Å²) in [6.07, 6.45) is 7.57. The summed E-state index contributed by atoms with van der Waals surface area (Å²) in [5.41, 5.74) is -0.211. The predicted octanol–water partition coefficient (Wildman–Crippen LogP) is 2.37. The summed E-state index contributed by atoms with van der Waals surface area (Å²) in [5, 5.41) is 12.1. The number of carbonyl (C=O) groups excluding carboxylic acids is 2. The number of nitriles is 1. The fourth-order valence-corrected chi connectivity index (χ4v) is 2.65. The zero-order chi connectivity index (χ0) is 17.4. The van der Waals surface area contributed by atoms with E-state index < -0.39 is 23.5 Å². The quantitative estimate of drug-likeness (QED) is 0.662. The summed E-state index contributed by atoms with van der Waals surface area (Å²) in [4.78, 5) is 28.1. The van der Waals surface area contributed by atoms with Crippen molar-refractivity contribution in [2.24, 2.45) is 0 Å². The van der Waals surface area contributed by atoms with E-state index in [-0.39, 0.29) is 0 Å². The van der Waals surface area contributed by atoms with Crippen molar-refractivity contribution in [1.29, 1.82) is 5.26 Å². The van der Waals surface area contributed by atoms with Crippen LogP contribution in [0.3, 0.4) is 0 Å². The van der Waals surface area contributed by atoms with Crippen LogP contribution in [0.4, 0.5) is 0 Å². The van der Waals surface area contributed by atoms with E-state index in [1.807, 2.05) is 0 Å². The average Bonchev–Trinajstić information content (AvgIpc) is 2.61. The van der Waals surface area contributed by atoms with Crippen LogP contribution in [0.1, 0.15) is 44.7 Å². The Morgan fingerprint density at radius 1 is 1.38 bits per heavy atom. The van der Waals surface area contributed by atoms with Crippen molar-refractivity contribution in [3.05, 3.63) is 36.2 Å². The molecule has 126 valence electrons. The predicted molar refractivity (Wildman–Crippen MR) is 88.4 cm³/mol. The smallest absolute Gasteiger partial charge is 0.331 e. The van der Waals surface area contributed by atoms with E-state index in [2.05, 4.69) is 16.4 Å². The van der Waals surface area contributed by atoms with Gasteiger partial charge in [0.25, 0.3) is 5.91 Å². The molecule has 1 unspecified atom stereocenters. The van der Waals surface area contributed by atoms with Gasteiger partial charge in [-0.05, 0) is 38.0 Å². The van der Waals surface area contributed by atoms with Crippen LogP contribution in [0.2, 0.25) is 0 Å². The summed E-state index contributed by atoms with van der Waals surface area (Å²) in [7, 11) is 0. The Morgan fingerprint density at radius 3 is 2.75 bits per heavy atom. The third kappa shape index (κ3) is 4.92. The van der Waals surface area contributed by atoms with Crippen molar-refractivity contribution < 1.29 is 14.3 Å². The summed E-state index contributed by atoms with van der Waals surface area (Å²) in [5.74, 6) is -1.07. The van der Waals surface area contributed by atoms with Gasteiger partial charge in [-0.2, -0.15) is 5.26 Å². The molecule has 24 heavy (non-hydrogen) atoms. The summed E-state index contributed by atoms with van der Waals surface area (Å²) >= 11 is 0.